The number of aromatic nitrogens is 3. The van der Waals surface area contributed by atoms with Crippen molar-refractivity contribution in [2.24, 2.45) is 7.05 Å². The number of thioether (sulfide) groups is 1. The molecule has 2 aromatic heterocycles. The van der Waals surface area contributed by atoms with E-state index in [9.17, 15) is 4.79 Å². The number of aryl methyl sites for hydroxylation is 1. The molecule has 0 atom stereocenters. The van der Waals surface area contributed by atoms with E-state index in [4.69, 9.17) is 0 Å². The second kappa shape index (κ2) is 7.84. The molecular weight excluding hydrogens is 352 g/mol. The highest BCUT2D eigenvalue weighted by atomic mass is 32.2. The molecule has 0 aliphatic carbocycles. The standard InChI is InChI=1S/C18H20N4OS2/c1-4-14-12(2)24-10-15(14)17-20-21-18(22(17)3)25-11-16(23)19-13-8-6-5-7-9-13/h5-10H,4,11H2,1-3H3,(H,19,23). The zero-order valence-corrected chi connectivity index (χ0v) is 16.1. The molecule has 0 radical (unpaired) electrons. The predicted molar refractivity (Wildman–Crippen MR) is 104 cm³/mol. The van der Waals surface area contributed by atoms with Crippen LogP contribution in [0.2, 0.25) is 0 Å². The summed E-state index contributed by atoms with van der Waals surface area (Å²) in [6.07, 6.45) is 0.972. The Balaban J connectivity index is 1.68. The molecule has 3 aromatic rings. The van der Waals surface area contributed by atoms with Gasteiger partial charge in [-0.3, -0.25) is 4.79 Å². The number of hydrogen-bond donors (Lipinski definition) is 1. The van der Waals surface area contributed by atoms with E-state index in [1.165, 1.54) is 22.2 Å². The summed E-state index contributed by atoms with van der Waals surface area (Å²) in [6, 6.07) is 9.45. The summed E-state index contributed by atoms with van der Waals surface area (Å²) in [5, 5.41) is 14.3. The maximum absolute atomic E-state index is 12.1. The van der Waals surface area contributed by atoms with Gasteiger partial charge in [0.2, 0.25) is 5.91 Å². The molecule has 1 aromatic carbocycles. The first kappa shape index (κ1) is 17.7. The minimum absolute atomic E-state index is 0.0543. The first-order valence-electron chi connectivity index (χ1n) is 8.04. The lowest BCUT2D eigenvalue weighted by Gasteiger charge is -2.06. The van der Waals surface area contributed by atoms with E-state index in [2.05, 4.69) is 34.7 Å². The van der Waals surface area contributed by atoms with Gasteiger partial charge in [-0.1, -0.05) is 36.9 Å². The van der Waals surface area contributed by atoms with Crippen molar-refractivity contribution >= 4 is 34.7 Å². The third-order valence-corrected chi connectivity index (χ3v) is 5.90. The molecule has 3 rings (SSSR count). The van der Waals surface area contributed by atoms with Crippen LogP contribution >= 0.6 is 23.1 Å². The van der Waals surface area contributed by atoms with Gasteiger partial charge in [-0.2, -0.15) is 0 Å². The molecule has 0 saturated carbocycles. The van der Waals surface area contributed by atoms with E-state index < -0.39 is 0 Å². The number of hydrogen-bond acceptors (Lipinski definition) is 5. The van der Waals surface area contributed by atoms with E-state index in [0.29, 0.717) is 5.75 Å². The van der Waals surface area contributed by atoms with Gasteiger partial charge in [-0.25, -0.2) is 0 Å². The average Bonchev–Trinajstić information content (AvgIpc) is 3.16. The molecular formula is C18H20N4OS2. The van der Waals surface area contributed by atoms with Crippen molar-refractivity contribution in [1.29, 1.82) is 0 Å². The molecule has 0 spiro atoms. The quantitative estimate of drug-likeness (QED) is 0.661. The minimum atomic E-state index is -0.0543. The number of para-hydroxylation sites is 1. The van der Waals surface area contributed by atoms with Crippen molar-refractivity contribution in [3.63, 3.8) is 0 Å². The number of amides is 1. The average molecular weight is 373 g/mol. The molecule has 0 bridgehead atoms. The van der Waals surface area contributed by atoms with Gasteiger partial charge < -0.3 is 9.88 Å². The molecule has 1 N–H and O–H groups in total. The Labute approximate surface area is 155 Å². The van der Waals surface area contributed by atoms with Crippen LogP contribution in [0.15, 0.2) is 40.9 Å². The van der Waals surface area contributed by atoms with E-state index in [1.807, 2.05) is 41.9 Å². The smallest absolute Gasteiger partial charge is 0.234 e. The molecule has 2 heterocycles. The van der Waals surface area contributed by atoms with Crippen LogP contribution in [-0.4, -0.2) is 26.4 Å². The third kappa shape index (κ3) is 3.93. The van der Waals surface area contributed by atoms with Gasteiger partial charge in [0.15, 0.2) is 11.0 Å². The van der Waals surface area contributed by atoms with Crippen molar-refractivity contribution in [2.45, 2.75) is 25.4 Å². The van der Waals surface area contributed by atoms with Crippen LogP contribution < -0.4 is 5.32 Å². The van der Waals surface area contributed by atoms with Gasteiger partial charge in [0.05, 0.1) is 5.75 Å². The molecule has 5 nitrogen and oxygen atoms in total. The highest BCUT2D eigenvalue weighted by Gasteiger charge is 2.17. The van der Waals surface area contributed by atoms with Gasteiger partial charge in [0.1, 0.15) is 0 Å². The summed E-state index contributed by atoms with van der Waals surface area (Å²) in [6.45, 7) is 4.28. The molecule has 7 heteroatoms. The van der Waals surface area contributed by atoms with Gasteiger partial charge in [-0.05, 0) is 31.0 Å². The van der Waals surface area contributed by atoms with Gasteiger partial charge in [0, 0.05) is 28.6 Å². The summed E-state index contributed by atoms with van der Waals surface area (Å²) in [5.41, 5.74) is 3.26. The number of anilines is 1. The molecule has 0 fully saturated rings. The van der Waals surface area contributed by atoms with Crippen molar-refractivity contribution in [1.82, 2.24) is 14.8 Å². The Morgan fingerprint density at radius 3 is 2.76 bits per heavy atom. The number of thiophene rings is 1. The number of carbonyl (C=O) groups is 1. The van der Waals surface area contributed by atoms with Crippen molar-refractivity contribution in [2.75, 3.05) is 11.1 Å². The lowest BCUT2D eigenvalue weighted by molar-refractivity contribution is -0.113. The topological polar surface area (TPSA) is 59.8 Å². The number of nitrogens with zero attached hydrogens (tertiary/aromatic N) is 3. The van der Waals surface area contributed by atoms with Crippen LogP contribution in [0.1, 0.15) is 17.4 Å². The summed E-state index contributed by atoms with van der Waals surface area (Å²) in [7, 11) is 1.94. The molecule has 0 unspecified atom stereocenters. The summed E-state index contributed by atoms with van der Waals surface area (Å²) in [5.74, 6) is 1.10. The van der Waals surface area contributed by atoms with Crippen LogP contribution in [0.4, 0.5) is 5.69 Å². The second-order valence-electron chi connectivity index (χ2n) is 5.61. The Hall–Kier alpha value is -2.12. The maximum atomic E-state index is 12.1. The van der Waals surface area contributed by atoms with Crippen LogP contribution in [0.5, 0.6) is 0 Å². The fourth-order valence-corrected chi connectivity index (χ4v) is 4.28. The van der Waals surface area contributed by atoms with Gasteiger partial charge in [-0.15, -0.1) is 21.5 Å². The first-order valence-corrected chi connectivity index (χ1v) is 9.91. The highest BCUT2D eigenvalue weighted by Crippen LogP contribution is 2.31. The third-order valence-electron chi connectivity index (χ3n) is 3.92. The second-order valence-corrected chi connectivity index (χ2v) is 7.63. The summed E-state index contributed by atoms with van der Waals surface area (Å²) in [4.78, 5) is 13.4. The van der Waals surface area contributed by atoms with Crippen LogP contribution in [0.25, 0.3) is 11.4 Å². The van der Waals surface area contributed by atoms with Crippen LogP contribution in [0.3, 0.4) is 0 Å². The Morgan fingerprint density at radius 2 is 2.04 bits per heavy atom. The Kier molecular flexibility index (Phi) is 5.55. The molecule has 1 amide bonds. The predicted octanol–water partition coefficient (Wildman–Crippen LogP) is 4.15. The van der Waals surface area contributed by atoms with Gasteiger partial charge >= 0.3 is 0 Å². The Morgan fingerprint density at radius 1 is 1.28 bits per heavy atom. The summed E-state index contributed by atoms with van der Waals surface area (Å²) >= 11 is 3.13. The monoisotopic (exact) mass is 372 g/mol. The number of rotatable bonds is 6. The molecule has 0 aliphatic rings. The highest BCUT2D eigenvalue weighted by molar-refractivity contribution is 7.99. The fraction of sp³-hybridized carbons (Fsp3) is 0.278. The van der Waals surface area contributed by atoms with Crippen molar-refractivity contribution in [3.05, 3.63) is 46.2 Å². The first-order chi connectivity index (χ1) is 12.1. The SMILES string of the molecule is CCc1c(-c2nnc(SCC(=O)Nc3ccccc3)n2C)csc1C. The summed E-state index contributed by atoms with van der Waals surface area (Å²) < 4.78 is 1.96. The van der Waals surface area contributed by atoms with Crippen LogP contribution in [0, 0.1) is 6.92 Å². The van der Waals surface area contributed by atoms with Crippen molar-refractivity contribution < 1.29 is 4.79 Å². The normalized spacial score (nSPS) is 10.8. The van der Waals surface area contributed by atoms with Crippen molar-refractivity contribution in [3.8, 4) is 11.4 Å². The lowest BCUT2D eigenvalue weighted by Crippen LogP contribution is -2.14. The van der Waals surface area contributed by atoms with E-state index >= 15 is 0 Å². The fourth-order valence-electron chi connectivity index (χ4n) is 2.63. The van der Waals surface area contributed by atoms with Crippen LogP contribution in [-0.2, 0) is 18.3 Å². The minimum Gasteiger partial charge on any atom is -0.325 e. The maximum Gasteiger partial charge on any atom is 0.234 e. The number of nitrogens with one attached hydrogen (secondary N) is 1. The molecule has 0 aliphatic heterocycles. The molecule has 130 valence electrons. The zero-order chi connectivity index (χ0) is 17.8. The Bertz CT molecular complexity index is 871. The van der Waals surface area contributed by atoms with Gasteiger partial charge in [0.25, 0.3) is 0 Å². The lowest BCUT2D eigenvalue weighted by atomic mass is 10.1. The number of carbonyl (C=O) groups excluding carboxylic acids is 1. The largest absolute Gasteiger partial charge is 0.325 e. The van der Waals surface area contributed by atoms with E-state index in [0.717, 1.165) is 28.7 Å². The van der Waals surface area contributed by atoms with E-state index in [-0.39, 0.29) is 5.91 Å². The number of benzene rings is 1. The van der Waals surface area contributed by atoms with E-state index in [1.54, 1.807) is 11.3 Å². The zero-order valence-electron chi connectivity index (χ0n) is 14.4. The molecule has 0 saturated heterocycles. The molecule has 25 heavy (non-hydrogen) atoms.